The molecular weight excluding hydrogens is 276 g/mol. The monoisotopic (exact) mass is 292 g/mol. The first-order valence-corrected chi connectivity index (χ1v) is 7.30. The molecule has 20 heavy (non-hydrogen) atoms. The van der Waals surface area contributed by atoms with Crippen LogP contribution in [0.15, 0.2) is 12.3 Å². The van der Waals surface area contributed by atoms with Crippen LogP contribution >= 0.6 is 11.3 Å². The molecule has 0 aliphatic heterocycles. The molecule has 1 amide bonds. The molecule has 0 aromatic carbocycles. The van der Waals surface area contributed by atoms with Gasteiger partial charge in [0.2, 0.25) is 0 Å². The number of nitrogens with zero attached hydrogens (tertiary/aromatic N) is 2. The average Bonchev–Trinajstić information content (AvgIpc) is 2.76. The van der Waals surface area contributed by atoms with E-state index in [1.807, 2.05) is 0 Å². The zero-order chi connectivity index (χ0) is 14.2. The summed E-state index contributed by atoms with van der Waals surface area (Å²) in [6.45, 7) is 0.516. The van der Waals surface area contributed by atoms with Gasteiger partial charge in [-0.2, -0.15) is 5.10 Å². The molecule has 0 bridgehead atoms. The summed E-state index contributed by atoms with van der Waals surface area (Å²) in [7, 11) is 1.69. The molecule has 0 radical (unpaired) electrons. The summed E-state index contributed by atoms with van der Waals surface area (Å²) in [6, 6.07) is 1.77. The minimum absolute atomic E-state index is 0.172. The van der Waals surface area contributed by atoms with Gasteiger partial charge in [-0.05, 0) is 25.3 Å². The van der Waals surface area contributed by atoms with Crippen LogP contribution in [-0.4, -0.2) is 35.4 Å². The lowest BCUT2D eigenvalue weighted by Crippen LogP contribution is -2.49. The molecule has 1 fully saturated rings. The lowest BCUT2D eigenvalue weighted by Gasteiger charge is -2.40. The summed E-state index contributed by atoms with van der Waals surface area (Å²) in [4.78, 5) is 13.4. The van der Waals surface area contributed by atoms with Crippen LogP contribution in [0.25, 0.3) is 10.2 Å². The molecule has 2 aromatic rings. The van der Waals surface area contributed by atoms with Crippen molar-refractivity contribution in [2.45, 2.75) is 24.9 Å². The molecule has 0 atom stereocenters. The number of carbonyl (C=O) groups excluding carboxylic acids is 1. The fourth-order valence-corrected chi connectivity index (χ4v) is 3.34. The fraction of sp³-hybridized carbons (Fsp3) is 0.462. The Labute approximate surface area is 120 Å². The molecule has 3 rings (SSSR count). The number of carbonyl (C=O) groups is 1. The molecule has 1 aliphatic carbocycles. The van der Waals surface area contributed by atoms with Gasteiger partial charge < -0.3 is 15.8 Å². The highest BCUT2D eigenvalue weighted by molar-refractivity contribution is 7.21. The van der Waals surface area contributed by atoms with Gasteiger partial charge in [-0.1, -0.05) is 0 Å². The molecule has 0 unspecified atom stereocenters. The number of methoxy groups -OCH3 is 1. The Morgan fingerprint density at radius 2 is 2.40 bits per heavy atom. The first kappa shape index (κ1) is 13.3. The van der Waals surface area contributed by atoms with Gasteiger partial charge in [0.05, 0.1) is 17.5 Å². The maximum Gasteiger partial charge on any atom is 0.263 e. The Bertz CT molecular complexity index is 645. The van der Waals surface area contributed by atoms with Crippen molar-refractivity contribution in [3.63, 3.8) is 0 Å². The third-order valence-electron chi connectivity index (χ3n) is 3.90. The summed E-state index contributed by atoms with van der Waals surface area (Å²) in [6.07, 6.45) is 4.68. The number of ether oxygens (including phenoxy) is 1. The minimum Gasteiger partial charge on any atom is -0.397 e. The number of hydrogen-bond donors (Lipinski definition) is 2. The molecule has 1 aliphatic rings. The number of anilines is 1. The van der Waals surface area contributed by atoms with E-state index in [0.29, 0.717) is 21.9 Å². The molecule has 0 spiro atoms. The summed E-state index contributed by atoms with van der Waals surface area (Å²) in [5.41, 5.74) is 6.29. The predicted molar refractivity (Wildman–Crippen MR) is 77.8 cm³/mol. The number of amides is 1. The van der Waals surface area contributed by atoms with Crippen molar-refractivity contribution in [1.29, 1.82) is 0 Å². The van der Waals surface area contributed by atoms with Crippen LogP contribution in [0, 0.1) is 0 Å². The smallest absolute Gasteiger partial charge is 0.263 e. The second kappa shape index (κ2) is 4.99. The SMILES string of the molecule is COC1(CNC(=O)c2sc3nnccc3c2N)CCC1. The van der Waals surface area contributed by atoms with Gasteiger partial charge in [-0.15, -0.1) is 16.4 Å². The molecule has 106 valence electrons. The Kier molecular flexibility index (Phi) is 3.31. The van der Waals surface area contributed by atoms with E-state index < -0.39 is 0 Å². The quantitative estimate of drug-likeness (QED) is 0.892. The Morgan fingerprint density at radius 3 is 3.00 bits per heavy atom. The second-order valence-electron chi connectivity index (χ2n) is 5.02. The van der Waals surface area contributed by atoms with Crippen molar-refractivity contribution in [2.75, 3.05) is 19.4 Å². The number of nitrogens with one attached hydrogen (secondary N) is 1. The van der Waals surface area contributed by atoms with E-state index in [4.69, 9.17) is 10.5 Å². The van der Waals surface area contributed by atoms with Crippen LogP contribution in [0.3, 0.4) is 0 Å². The van der Waals surface area contributed by atoms with E-state index in [-0.39, 0.29) is 11.5 Å². The molecule has 3 N–H and O–H groups in total. The summed E-state index contributed by atoms with van der Waals surface area (Å²) < 4.78 is 5.48. The molecule has 2 heterocycles. The summed E-state index contributed by atoms with van der Waals surface area (Å²) in [5, 5.41) is 11.5. The maximum absolute atomic E-state index is 12.3. The van der Waals surface area contributed by atoms with Crippen LogP contribution in [0.2, 0.25) is 0 Å². The van der Waals surface area contributed by atoms with E-state index in [2.05, 4.69) is 15.5 Å². The highest BCUT2D eigenvalue weighted by Crippen LogP contribution is 2.35. The van der Waals surface area contributed by atoms with Crippen molar-refractivity contribution >= 4 is 33.1 Å². The molecule has 1 saturated carbocycles. The van der Waals surface area contributed by atoms with Crippen LogP contribution in [0.4, 0.5) is 5.69 Å². The third kappa shape index (κ3) is 2.12. The van der Waals surface area contributed by atoms with Gasteiger partial charge in [0.1, 0.15) is 9.71 Å². The number of thiophene rings is 1. The predicted octanol–water partition coefficient (Wildman–Crippen LogP) is 1.57. The van der Waals surface area contributed by atoms with Crippen molar-refractivity contribution in [2.24, 2.45) is 0 Å². The Balaban J connectivity index is 1.77. The normalized spacial score (nSPS) is 16.9. The number of nitrogens with two attached hydrogens (primary N) is 1. The van der Waals surface area contributed by atoms with E-state index >= 15 is 0 Å². The van der Waals surface area contributed by atoms with Gasteiger partial charge in [-0.3, -0.25) is 4.79 Å². The average molecular weight is 292 g/mol. The molecular formula is C13H16N4O2S. The lowest BCUT2D eigenvalue weighted by molar-refractivity contribution is -0.0679. The highest BCUT2D eigenvalue weighted by Gasteiger charge is 2.37. The van der Waals surface area contributed by atoms with E-state index in [0.717, 1.165) is 24.6 Å². The second-order valence-corrected chi connectivity index (χ2v) is 6.02. The topological polar surface area (TPSA) is 90.1 Å². The lowest BCUT2D eigenvalue weighted by atomic mass is 9.80. The highest BCUT2D eigenvalue weighted by atomic mass is 32.1. The Morgan fingerprint density at radius 1 is 1.60 bits per heavy atom. The van der Waals surface area contributed by atoms with Gasteiger partial charge in [0, 0.05) is 19.0 Å². The number of nitrogen functional groups attached to an aromatic ring is 1. The molecule has 7 heteroatoms. The molecule has 6 nitrogen and oxygen atoms in total. The van der Waals surface area contributed by atoms with Crippen molar-refractivity contribution in [3.8, 4) is 0 Å². The fourth-order valence-electron chi connectivity index (χ4n) is 2.39. The standard InChI is InChI=1S/C13H16N4O2S/c1-19-13(4-2-5-13)7-15-11(18)10-9(14)8-3-6-16-17-12(8)20-10/h3,6H,2,4-5,7,14H2,1H3,(H,15,18). The van der Waals surface area contributed by atoms with E-state index in [9.17, 15) is 4.79 Å². The molecule has 2 aromatic heterocycles. The summed E-state index contributed by atoms with van der Waals surface area (Å²) >= 11 is 1.26. The van der Waals surface area contributed by atoms with Crippen LogP contribution < -0.4 is 11.1 Å². The molecule has 0 saturated heterocycles. The van der Waals surface area contributed by atoms with Crippen LogP contribution in [0.5, 0.6) is 0 Å². The van der Waals surface area contributed by atoms with Crippen molar-refractivity contribution in [3.05, 3.63) is 17.1 Å². The first-order chi connectivity index (χ1) is 9.65. The van der Waals surface area contributed by atoms with Crippen LogP contribution in [0.1, 0.15) is 28.9 Å². The van der Waals surface area contributed by atoms with Gasteiger partial charge in [0.25, 0.3) is 5.91 Å². The minimum atomic E-state index is -0.194. The van der Waals surface area contributed by atoms with Gasteiger partial charge >= 0.3 is 0 Å². The van der Waals surface area contributed by atoms with Crippen LogP contribution in [-0.2, 0) is 4.74 Å². The number of hydrogen-bond acceptors (Lipinski definition) is 6. The first-order valence-electron chi connectivity index (χ1n) is 6.48. The Hall–Kier alpha value is -1.73. The van der Waals surface area contributed by atoms with Crippen molar-refractivity contribution < 1.29 is 9.53 Å². The summed E-state index contributed by atoms with van der Waals surface area (Å²) in [5.74, 6) is -0.172. The zero-order valence-corrected chi connectivity index (χ0v) is 12.0. The largest absolute Gasteiger partial charge is 0.397 e. The number of rotatable bonds is 4. The number of fused-ring (bicyclic) bond motifs is 1. The van der Waals surface area contributed by atoms with Crippen molar-refractivity contribution in [1.82, 2.24) is 15.5 Å². The van der Waals surface area contributed by atoms with Gasteiger partial charge in [0.15, 0.2) is 0 Å². The maximum atomic E-state index is 12.3. The zero-order valence-electron chi connectivity index (χ0n) is 11.2. The van der Waals surface area contributed by atoms with E-state index in [1.54, 1.807) is 19.4 Å². The third-order valence-corrected chi connectivity index (χ3v) is 5.00. The van der Waals surface area contributed by atoms with Gasteiger partial charge in [-0.25, -0.2) is 0 Å². The van der Waals surface area contributed by atoms with E-state index in [1.165, 1.54) is 11.3 Å². The number of aromatic nitrogens is 2.